The molecule has 1 aromatic rings. The van der Waals surface area contributed by atoms with Crippen molar-refractivity contribution in [3.63, 3.8) is 0 Å². The zero-order valence-corrected chi connectivity index (χ0v) is 9.80. The van der Waals surface area contributed by atoms with Crippen LogP contribution < -0.4 is 5.32 Å². The molecule has 0 radical (unpaired) electrons. The summed E-state index contributed by atoms with van der Waals surface area (Å²) < 4.78 is 6.88. The second kappa shape index (κ2) is 4.43. The van der Waals surface area contributed by atoms with Crippen LogP contribution >= 0.6 is 15.9 Å². The molecular weight excluding hydrogens is 242 g/mol. The van der Waals surface area contributed by atoms with Gasteiger partial charge < -0.3 is 10.1 Å². The van der Waals surface area contributed by atoms with Crippen LogP contribution in [0.4, 0.5) is 0 Å². The molecule has 14 heavy (non-hydrogen) atoms. The van der Waals surface area contributed by atoms with Crippen molar-refractivity contribution in [1.82, 2.24) is 5.32 Å². The van der Waals surface area contributed by atoms with E-state index in [4.69, 9.17) is 4.74 Å². The Morgan fingerprint density at radius 1 is 1.50 bits per heavy atom. The quantitative estimate of drug-likeness (QED) is 0.895. The van der Waals surface area contributed by atoms with Crippen LogP contribution in [0.15, 0.2) is 22.7 Å². The first kappa shape index (κ1) is 10.1. The molecule has 0 bridgehead atoms. The molecule has 76 valence electrons. The summed E-state index contributed by atoms with van der Waals surface area (Å²) in [4.78, 5) is 0. The summed E-state index contributed by atoms with van der Waals surface area (Å²) in [6, 6.07) is 6.26. The normalized spacial score (nSPS) is 16.7. The molecule has 0 atom stereocenters. The number of hydrogen-bond donors (Lipinski definition) is 1. The van der Waals surface area contributed by atoms with Gasteiger partial charge in [0.05, 0.1) is 12.7 Å². The predicted molar refractivity (Wildman–Crippen MR) is 60.3 cm³/mol. The van der Waals surface area contributed by atoms with Gasteiger partial charge in [0, 0.05) is 17.6 Å². The maximum Gasteiger partial charge on any atom is 0.0828 e. The molecule has 1 fully saturated rings. The average Bonchev–Trinajstić information content (AvgIpc) is 2.09. The molecule has 1 aliphatic rings. The van der Waals surface area contributed by atoms with Gasteiger partial charge >= 0.3 is 0 Å². The van der Waals surface area contributed by atoms with Crippen LogP contribution in [-0.2, 0) is 11.3 Å². The second-order valence-corrected chi connectivity index (χ2v) is 4.43. The van der Waals surface area contributed by atoms with Gasteiger partial charge in [-0.05, 0) is 18.1 Å². The monoisotopic (exact) mass is 255 g/mol. The van der Waals surface area contributed by atoms with Crippen LogP contribution in [0.25, 0.3) is 0 Å². The van der Waals surface area contributed by atoms with Crippen LogP contribution in [-0.4, -0.2) is 19.2 Å². The molecule has 0 aromatic heterocycles. The first-order chi connectivity index (χ1) is 6.77. The maximum atomic E-state index is 5.71. The first-order valence-corrected chi connectivity index (χ1v) is 5.63. The van der Waals surface area contributed by atoms with E-state index in [2.05, 4.69) is 46.4 Å². The van der Waals surface area contributed by atoms with Crippen molar-refractivity contribution >= 4 is 15.9 Å². The van der Waals surface area contributed by atoms with E-state index in [1.165, 1.54) is 15.6 Å². The van der Waals surface area contributed by atoms with Crippen LogP contribution in [0, 0.1) is 6.92 Å². The van der Waals surface area contributed by atoms with E-state index in [0.29, 0.717) is 12.7 Å². The van der Waals surface area contributed by atoms with Gasteiger partial charge in [0.2, 0.25) is 0 Å². The Morgan fingerprint density at radius 3 is 2.93 bits per heavy atom. The summed E-state index contributed by atoms with van der Waals surface area (Å²) in [5, 5.41) is 3.19. The summed E-state index contributed by atoms with van der Waals surface area (Å²) >= 11 is 3.57. The van der Waals surface area contributed by atoms with Crippen LogP contribution in [0.5, 0.6) is 0 Å². The molecule has 3 heteroatoms. The number of ether oxygens (including phenoxy) is 1. The van der Waals surface area contributed by atoms with E-state index in [9.17, 15) is 0 Å². The topological polar surface area (TPSA) is 21.3 Å². The molecule has 1 heterocycles. The standard InChI is InChI=1S/C11H14BrNO/c1-8-3-2-4-9(11(8)12)7-14-10-5-13-6-10/h2-4,10,13H,5-7H2,1H3. The van der Waals surface area contributed by atoms with Crippen molar-refractivity contribution in [3.05, 3.63) is 33.8 Å². The third kappa shape index (κ3) is 2.16. The fourth-order valence-electron chi connectivity index (χ4n) is 1.41. The summed E-state index contributed by atoms with van der Waals surface area (Å²) in [7, 11) is 0. The van der Waals surface area contributed by atoms with Crippen molar-refractivity contribution in [2.24, 2.45) is 0 Å². The molecule has 1 aliphatic heterocycles. The molecule has 2 nitrogen and oxygen atoms in total. The summed E-state index contributed by atoms with van der Waals surface area (Å²) in [6.07, 6.45) is 0.405. The minimum absolute atomic E-state index is 0.405. The van der Waals surface area contributed by atoms with Crippen molar-refractivity contribution < 1.29 is 4.74 Å². The Labute approximate surface area is 92.8 Å². The van der Waals surface area contributed by atoms with Gasteiger partial charge in [0.25, 0.3) is 0 Å². The molecule has 1 aromatic carbocycles. The molecule has 0 unspecified atom stereocenters. The second-order valence-electron chi connectivity index (χ2n) is 3.64. The van der Waals surface area contributed by atoms with E-state index < -0.39 is 0 Å². The fourth-order valence-corrected chi connectivity index (χ4v) is 1.79. The lowest BCUT2D eigenvalue weighted by atomic mass is 10.1. The van der Waals surface area contributed by atoms with Crippen molar-refractivity contribution in [3.8, 4) is 0 Å². The number of halogens is 1. The van der Waals surface area contributed by atoms with Gasteiger partial charge in [-0.2, -0.15) is 0 Å². The van der Waals surface area contributed by atoms with E-state index in [0.717, 1.165) is 13.1 Å². The predicted octanol–water partition coefficient (Wildman–Crippen LogP) is 2.25. The zero-order valence-electron chi connectivity index (χ0n) is 8.22. The SMILES string of the molecule is Cc1cccc(COC2CNC2)c1Br. The van der Waals surface area contributed by atoms with Gasteiger partial charge in [-0.25, -0.2) is 0 Å². The van der Waals surface area contributed by atoms with Gasteiger partial charge in [-0.1, -0.05) is 34.1 Å². The number of rotatable bonds is 3. The highest BCUT2D eigenvalue weighted by Crippen LogP contribution is 2.22. The Hall–Kier alpha value is -0.380. The van der Waals surface area contributed by atoms with Gasteiger partial charge in [0.15, 0.2) is 0 Å². The van der Waals surface area contributed by atoms with Crippen LogP contribution in [0.2, 0.25) is 0 Å². The summed E-state index contributed by atoms with van der Waals surface area (Å²) in [5.41, 5.74) is 2.50. The zero-order chi connectivity index (χ0) is 9.97. The van der Waals surface area contributed by atoms with E-state index >= 15 is 0 Å². The van der Waals surface area contributed by atoms with Gasteiger partial charge in [0.1, 0.15) is 0 Å². The Bertz CT molecular complexity index is 323. The van der Waals surface area contributed by atoms with E-state index in [1.54, 1.807) is 0 Å². The number of aryl methyl sites for hydroxylation is 1. The molecular formula is C11H14BrNO. The van der Waals surface area contributed by atoms with Crippen LogP contribution in [0.1, 0.15) is 11.1 Å². The van der Waals surface area contributed by atoms with Crippen molar-refractivity contribution in [1.29, 1.82) is 0 Å². The lowest BCUT2D eigenvalue weighted by Gasteiger charge is -2.27. The van der Waals surface area contributed by atoms with E-state index in [1.807, 2.05) is 0 Å². The number of hydrogen-bond acceptors (Lipinski definition) is 2. The largest absolute Gasteiger partial charge is 0.371 e. The molecule has 1 N–H and O–H groups in total. The molecule has 1 saturated heterocycles. The maximum absolute atomic E-state index is 5.71. The Balaban J connectivity index is 1.97. The van der Waals surface area contributed by atoms with Crippen molar-refractivity contribution in [2.45, 2.75) is 19.6 Å². The van der Waals surface area contributed by atoms with Crippen molar-refractivity contribution in [2.75, 3.05) is 13.1 Å². The lowest BCUT2D eigenvalue weighted by Crippen LogP contribution is -2.48. The molecule has 0 amide bonds. The highest BCUT2D eigenvalue weighted by Gasteiger charge is 2.17. The molecule has 0 aliphatic carbocycles. The molecule has 2 rings (SSSR count). The van der Waals surface area contributed by atoms with E-state index in [-0.39, 0.29) is 0 Å². The molecule has 0 saturated carbocycles. The average molecular weight is 256 g/mol. The lowest BCUT2D eigenvalue weighted by molar-refractivity contribution is 0.00731. The smallest absolute Gasteiger partial charge is 0.0828 e. The third-order valence-electron chi connectivity index (χ3n) is 2.49. The summed E-state index contributed by atoms with van der Waals surface area (Å²) in [6.45, 7) is 4.78. The fraction of sp³-hybridized carbons (Fsp3) is 0.455. The highest BCUT2D eigenvalue weighted by atomic mass is 79.9. The van der Waals surface area contributed by atoms with Gasteiger partial charge in [-0.15, -0.1) is 0 Å². The Kier molecular flexibility index (Phi) is 3.21. The number of benzene rings is 1. The minimum atomic E-state index is 0.405. The highest BCUT2D eigenvalue weighted by molar-refractivity contribution is 9.10. The molecule has 0 spiro atoms. The third-order valence-corrected chi connectivity index (χ3v) is 3.63. The van der Waals surface area contributed by atoms with Crippen LogP contribution in [0.3, 0.4) is 0 Å². The minimum Gasteiger partial charge on any atom is -0.371 e. The van der Waals surface area contributed by atoms with Gasteiger partial charge in [-0.3, -0.25) is 0 Å². The number of nitrogens with one attached hydrogen (secondary N) is 1. The first-order valence-electron chi connectivity index (χ1n) is 4.83. The Morgan fingerprint density at radius 2 is 2.29 bits per heavy atom. The summed E-state index contributed by atoms with van der Waals surface area (Å²) in [5.74, 6) is 0.